The predicted octanol–water partition coefficient (Wildman–Crippen LogP) is 1.28. The SMILES string of the molecule is O=C1NS(=O)(=O)c2ccc(F)c(C(F)(F)F)c21. The first-order valence-electron chi connectivity index (χ1n) is 4.11. The van der Waals surface area contributed by atoms with Crippen LogP contribution in [-0.4, -0.2) is 14.3 Å². The Hall–Kier alpha value is -1.64. The average Bonchev–Trinajstić information content (AvgIpc) is 2.34. The molecule has 0 radical (unpaired) electrons. The summed E-state index contributed by atoms with van der Waals surface area (Å²) in [4.78, 5) is 10.3. The number of fused-ring (bicyclic) bond motifs is 1. The average molecular weight is 269 g/mol. The first kappa shape index (κ1) is 11.8. The Morgan fingerprint density at radius 3 is 2.29 bits per heavy atom. The summed E-state index contributed by atoms with van der Waals surface area (Å²) >= 11 is 0. The van der Waals surface area contributed by atoms with Crippen molar-refractivity contribution >= 4 is 15.9 Å². The van der Waals surface area contributed by atoms with Crippen LogP contribution >= 0.6 is 0 Å². The van der Waals surface area contributed by atoms with Crippen LogP contribution in [0.2, 0.25) is 0 Å². The molecule has 0 fully saturated rings. The van der Waals surface area contributed by atoms with Crippen molar-refractivity contribution in [2.45, 2.75) is 11.1 Å². The Labute approximate surface area is 92.3 Å². The van der Waals surface area contributed by atoms with Crippen molar-refractivity contribution in [2.75, 3.05) is 0 Å². The number of carbonyl (C=O) groups is 1. The molecule has 17 heavy (non-hydrogen) atoms. The summed E-state index contributed by atoms with van der Waals surface area (Å²) in [5.74, 6) is -3.17. The Balaban J connectivity index is 2.90. The lowest BCUT2D eigenvalue weighted by Crippen LogP contribution is -2.22. The highest BCUT2D eigenvalue weighted by Crippen LogP contribution is 2.38. The van der Waals surface area contributed by atoms with E-state index in [1.54, 1.807) is 0 Å². The van der Waals surface area contributed by atoms with E-state index >= 15 is 0 Å². The maximum absolute atomic E-state index is 13.1. The number of hydrogen-bond donors (Lipinski definition) is 1. The quantitative estimate of drug-likeness (QED) is 0.721. The van der Waals surface area contributed by atoms with Gasteiger partial charge in [0.25, 0.3) is 15.9 Å². The highest BCUT2D eigenvalue weighted by atomic mass is 32.2. The maximum Gasteiger partial charge on any atom is 0.420 e. The smallest absolute Gasteiger partial charge is 0.268 e. The maximum atomic E-state index is 13.1. The molecule has 9 heteroatoms. The summed E-state index contributed by atoms with van der Waals surface area (Å²) in [6, 6.07) is 0.979. The van der Waals surface area contributed by atoms with Gasteiger partial charge >= 0.3 is 6.18 Å². The van der Waals surface area contributed by atoms with Crippen LogP contribution in [0, 0.1) is 5.82 Å². The number of sulfonamides is 1. The summed E-state index contributed by atoms with van der Waals surface area (Å²) in [6.07, 6.45) is -5.15. The van der Waals surface area contributed by atoms with Crippen molar-refractivity contribution in [3.05, 3.63) is 29.1 Å². The van der Waals surface area contributed by atoms with Crippen molar-refractivity contribution in [1.82, 2.24) is 4.72 Å². The number of hydrogen-bond acceptors (Lipinski definition) is 3. The van der Waals surface area contributed by atoms with Gasteiger partial charge < -0.3 is 0 Å². The van der Waals surface area contributed by atoms with E-state index in [9.17, 15) is 30.8 Å². The second kappa shape index (κ2) is 3.19. The van der Waals surface area contributed by atoms with Crippen LogP contribution < -0.4 is 4.72 Å². The van der Waals surface area contributed by atoms with E-state index in [1.807, 2.05) is 0 Å². The first-order valence-corrected chi connectivity index (χ1v) is 5.60. The van der Waals surface area contributed by atoms with Gasteiger partial charge in [-0.15, -0.1) is 0 Å². The zero-order chi connectivity index (χ0) is 13.0. The molecule has 1 aromatic rings. The van der Waals surface area contributed by atoms with Gasteiger partial charge in [-0.2, -0.15) is 13.2 Å². The second-order valence-corrected chi connectivity index (χ2v) is 4.88. The highest BCUT2D eigenvalue weighted by molar-refractivity contribution is 7.90. The van der Waals surface area contributed by atoms with Gasteiger partial charge in [0.1, 0.15) is 16.3 Å². The van der Waals surface area contributed by atoms with Gasteiger partial charge in [-0.05, 0) is 12.1 Å². The van der Waals surface area contributed by atoms with Crippen LogP contribution in [-0.2, 0) is 16.2 Å². The summed E-state index contributed by atoms with van der Waals surface area (Å²) in [5, 5.41) is 0. The minimum Gasteiger partial charge on any atom is -0.268 e. The third kappa shape index (κ3) is 1.66. The molecule has 0 atom stereocenters. The zero-order valence-corrected chi connectivity index (χ0v) is 8.62. The zero-order valence-electron chi connectivity index (χ0n) is 7.80. The van der Waals surface area contributed by atoms with Crippen LogP contribution in [0.4, 0.5) is 17.6 Å². The fourth-order valence-electron chi connectivity index (χ4n) is 1.51. The van der Waals surface area contributed by atoms with Crippen LogP contribution in [0.3, 0.4) is 0 Å². The van der Waals surface area contributed by atoms with Gasteiger partial charge in [0.05, 0.1) is 5.56 Å². The minimum absolute atomic E-state index is 0.361. The number of halogens is 4. The molecule has 92 valence electrons. The van der Waals surface area contributed by atoms with Crippen LogP contribution in [0.1, 0.15) is 15.9 Å². The molecule has 0 aliphatic carbocycles. The van der Waals surface area contributed by atoms with E-state index in [4.69, 9.17) is 0 Å². The Morgan fingerprint density at radius 1 is 1.18 bits per heavy atom. The van der Waals surface area contributed by atoms with Crippen molar-refractivity contribution in [3.8, 4) is 0 Å². The third-order valence-corrected chi connectivity index (χ3v) is 3.52. The Morgan fingerprint density at radius 2 is 1.76 bits per heavy atom. The Kier molecular flexibility index (Phi) is 2.22. The van der Waals surface area contributed by atoms with Gasteiger partial charge in [-0.1, -0.05) is 0 Å². The first-order chi connectivity index (χ1) is 7.64. The van der Waals surface area contributed by atoms with Gasteiger partial charge in [-0.25, -0.2) is 17.5 Å². The highest BCUT2D eigenvalue weighted by Gasteiger charge is 2.45. The lowest BCUT2D eigenvalue weighted by Gasteiger charge is -2.10. The summed E-state index contributed by atoms with van der Waals surface area (Å²) in [6.45, 7) is 0. The normalized spacial score (nSPS) is 17.8. The van der Waals surface area contributed by atoms with E-state index in [-0.39, 0.29) is 0 Å². The molecule has 1 aliphatic heterocycles. The number of nitrogens with one attached hydrogen (secondary N) is 1. The Bertz CT molecular complexity index is 620. The fourth-order valence-corrected chi connectivity index (χ4v) is 2.68. The van der Waals surface area contributed by atoms with Crippen molar-refractivity contribution < 1.29 is 30.8 Å². The molecule has 1 heterocycles. The third-order valence-electron chi connectivity index (χ3n) is 2.14. The molecule has 0 bridgehead atoms. The summed E-state index contributed by atoms with van der Waals surface area (Å²) in [7, 11) is -4.32. The van der Waals surface area contributed by atoms with Crippen molar-refractivity contribution in [3.63, 3.8) is 0 Å². The molecule has 0 spiro atoms. The molecule has 4 nitrogen and oxygen atoms in total. The lowest BCUT2D eigenvalue weighted by atomic mass is 10.1. The van der Waals surface area contributed by atoms with Gasteiger partial charge in [-0.3, -0.25) is 4.79 Å². The van der Waals surface area contributed by atoms with Gasteiger partial charge in [0, 0.05) is 0 Å². The standard InChI is InChI=1S/C8H3F4NO3S/c9-3-1-2-4-5(6(3)8(10,11)12)7(14)13-17(4,15)16/h1-2H,(H,13,14). The number of benzene rings is 1. The molecule has 1 aromatic carbocycles. The van der Waals surface area contributed by atoms with Crippen molar-refractivity contribution in [2.24, 2.45) is 0 Å². The number of alkyl halides is 3. The predicted molar refractivity (Wildman–Crippen MR) is 46.1 cm³/mol. The fraction of sp³-hybridized carbons (Fsp3) is 0.125. The molecule has 1 aliphatic rings. The van der Waals surface area contributed by atoms with E-state index in [0.29, 0.717) is 12.1 Å². The summed E-state index contributed by atoms with van der Waals surface area (Å²) < 4.78 is 74.4. The van der Waals surface area contributed by atoms with Crippen LogP contribution in [0.15, 0.2) is 17.0 Å². The number of rotatable bonds is 0. The van der Waals surface area contributed by atoms with Crippen LogP contribution in [0.25, 0.3) is 0 Å². The number of amides is 1. The monoisotopic (exact) mass is 269 g/mol. The van der Waals surface area contributed by atoms with E-state index in [2.05, 4.69) is 0 Å². The number of carbonyl (C=O) groups excluding carboxylic acids is 1. The molecule has 1 amide bonds. The van der Waals surface area contributed by atoms with Gasteiger partial charge in [0.15, 0.2) is 0 Å². The molecule has 0 saturated heterocycles. The molecule has 0 unspecified atom stereocenters. The molecular weight excluding hydrogens is 266 g/mol. The van der Waals surface area contributed by atoms with Gasteiger partial charge in [0.2, 0.25) is 0 Å². The molecular formula is C8H3F4NO3S. The van der Waals surface area contributed by atoms with E-state index in [1.165, 1.54) is 4.72 Å². The molecule has 0 aromatic heterocycles. The molecule has 2 rings (SSSR count). The van der Waals surface area contributed by atoms with E-state index in [0.717, 1.165) is 0 Å². The summed E-state index contributed by atoms with van der Waals surface area (Å²) in [5.41, 5.74) is -3.06. The lowest BCUT2D eigenvalue weighted by molar-refractivity contribution is -0.140. The molecule has 1 N–H and O–H groups in total. The topological polar surface area (TPSA) is 63.2 Å². The van der Waals surface area contributed by atoms with E-state index < -0.39 is 43.9 Å². The van der Waals surface area contributed by atoms with Crippen LogP contribution in [0.5, 0.6) is 0 Å². The second-order valence-electron chi connectivity index (χ2n) is 3.23. The minimum atomic E-state index is -5.15. The molecule has 0 saturated carbocycles. The van der Waals surface area contributed by atoms with Crippen molar-refractivity contribution in [1.29, 1.82) is 0 Å². The largest absolute Gasteiger partial charge is 0.420 e.